The van der Waals surface area contributed by atoms with Crippen molar-refractivity contribution >= 4 is 11.6 Å². The Balaban J connectivity index is 2.90. The molecule has 1 rings (SSSR count). The second-order valence-corrected chi connectivity index (χ2v) is 4.57. The molecule has 0 saturated heterocycles. The van der Waals surface area contributed by atoms with Gasteiger partial charge in [-0.25, -0.2) is 0 Å². The third-order valence-corrected chi connectivity index (χ3v) is 2.65. The lowest BCUT2D eigenvalue weighted by Gasteiger charge is -2.16. The molecule has 0 heterocycles. The third-order valence-electron chi connectivity index (χ3n) is 2.30. The van der Waals surface area contributed by atoms with Crippen molar-refractivity contribution in [1.82, 2.24) is 5.32 Å². The van der Waals surface area contributed by atoms with Crippen LogP contribution in [0.25, 0.3) is 0 Å². The molecule has 0 radical (unpaired) electrons. The molecule has 0 aromatic heterocycles. The molecule has 0 aliphatic heterocycles. The summed E-state index contributed by atoms with van der Waals surface area (Å²) in [5, 5.41) is 12.4. The Morgan fingerprint density at radius 2 is 2.06 bits per heavy atom. The zero-order valence-electron chi connectivity index (χ0n) is 11.0. The van der Waals surface area contributed by atoms with Gasteiger partial charge in [0.2, 0.25) is 0 Å². The van der Waals surface area contributed by atoms with Crippen molar-refractivity contribution in [2.75, 3.05) is 20.3 Å². The van der Waals surface area contributed by atoms with Crippen molar-refractivity contribution in [1.29, 1.82) is 0 Å². The SMILES string of the molecule is COc1cc(Cl)c(CNCCO)cc1OC(C)C. The van der Waals surface area contributed by atoms with Crippen molar-refractivity contribution in [3.63, 3.8) is 0 Å². The van der Waals surface area contributed by atoms with Crippen molar-refractivity contribution in [2.24, 2.45) is 0 Å². The monoisotopic (exact) mass is 273 g/mol. The first-order valence-corrected chi connectivity index (χ1v) is 6.31. The summed E-state index contributed by atoms with van der Waals surface area (Å²) in [6.45, 7) is 5.12. The Kier molecular flexibility index (Phi) is 6.25. The molecular formula is C13H20ClNO3. The number of benzene rings is 1. The van der Waals surface area contributed by atoms with Crippen molar-refractivity contribution in [3.8, 4) is 11.5 Å². The number of hydrogen-bond donors (Lipinski definition) is 2. The van der Waals surface area contributed by atoms with Crippen LogP contribution in [0.1, 0.15) is 19.4 Å². The lowest BCUT2D eigenvalue weighted by molar-refractivity contribution is 0.230. The van der Waals surface area contributed by atoms with Gasteiger partial charge in [-0.2, -0.15) is 0 Å². The number of aliphatic hydroxyl groups is 1. The van der Waals surface area contributed by atoms with Crippen LogP contribution in [0.2, 0.25) is 5.02 Å². The summed E-state index contributed by atoms with van der Waals surface area (Å²) >= 11 is 6.16. The maximum atomic E-state index is 8.73. The van der Waals surface area contributed by atoms with E-state index in [1.165, 1.54) is 0 Å². The minimum Gasteiger partial charge on any atom is -0.493 e. The molecule has 0 spiro atoms. The molecule has 0 aliphatic rings. The Hall–Kier alpha value is -0.970. The molecule has 5 heteroatoms. The highest BCUT2D eigenvalue weighted by atomic mass is 35.5. The van der Waals surface area contributed by atoms with Crippen LogP contribution >= 0.6 is 11.6 Å². The summed E-state index contributed by atoms with van der Waals surface area (Å²) in [7, 11) is 1.59. The summed E-state index contributed by atoms with van der Waals surface area (Å²) in [6, 6.07) is 3.61. The van der Waals surface area contributed by atoms with Gasteiger partial charge in [-0.3, -0.25) is 0 Å². The van der Waals surface area contributed by atoms with Crippen LogP contribution in [0.15, 0.2) is 12.1 Å². The first-order chi connectivity index (χ1) is 8.58. The normalized spacial score (nSPS) is 10.8. The lowest BCUT2D eigenvalue weighted by Crippen LogP contribution is -2.18. The van der Waals surface area contributed by atoms with Gasteiger partial charge in [0.15, 0.2) is 11.5 Å². The van der Waals surface area contributed by atoms with E-state index in [1.807, 2.05) is 19.9 Å². The second-order valence-electron chi connectivity index (χ2n) is 4.16. The fourth-order valence-corrected chi connectivity index (χ4v) is 1.74. The summed E-state index contributed by atoms with van der Waals surface area (Å²) < 4.78 is 10.9. The van der Waals surface area contributed by atoms with Gasteiger partial charge in [0, 0.05) is 24.2 Å². The highest BCUT2D eigenvalue weighted by molar-refractivity contribution is 6.31. The average molecular weight is 274 g/mol. The molecule has 4 nitrogen and oxygen atoms in total. The zero-order chi connectivity index (χ0) is 13.5. The molecule has 0 unspecified atom stereocenters. The third kappa shape index (κ3) is 4.37. The maximum Gasteiger partial charge on any atom is 0.162 e. The standard InChI is InChI=1S/C13H20ClNO3/c1-9(2)18-13-6-10(8-15-4-5-16)11(14)7-12(13)17-3/h6-7,9,15-16H,4-5,8H2,1-3H3. The molecule has 0 aliphatic carbocycles. The average Bonchev–Trinajstić information content (AvgIpc) is 2.32. The number of halogens is 1. The Morgan fingerprint density at radius 1 is 1.33 bits per heavy atom. The van der Waals surface area contributed by atoms with E-state index in [1.54, 1.807) is 13.2 Å². The summed E-state index contributed by atoms with van der Waals surface area (Å²) in [5.41, 5.74) is 0.918. The molecule has 0 fully saturated rings. The molecule has 0 atom stereocenters. The van der Waals surface area contributed by atoms with Crippen LogP contribution in [0.4, 0.5) is 0 Å². The van der Waals surface area contributed by atoms with E-state index < -0.39 is 0 Å². The summed E-state index contributed by atoms with van der Waals surface area (Å²) in [5.74, 6) is 1.30. The minimum atomic E-state index is 0.0679. The van der Waals surface area contributed by atoms with Crippen LogP contribution in [-0.4, -0.2) is 31.5 Å². The molecule has 0 saturated carbocycles. The number of rotatable bonds is 7. The molecule has 18 heavy (non-hydrogen) atoms. The number of aliphatic hydroxyl groups excluding tert-OH is 1. The van der Waals surface area contributed by atoms with E-state index in [9.17, 15) is 0 Å². The van der Waals surface area contributed by atoms with Crippen LogP contribution in [0.5, 0.6) is 11.5 Å². The number of nitrogens with one attached hydrogen (secondary N) is 1. The van der Waals surface area contributed by atoms with Gasteiger partial charge < -0.3 is 19.9 Å². The molecule has 0 amide bonds. The highest BCUT2D eigenvalue weighted by Crippen LogP contribution is 2.33. The van der Waals surface area contributed by atoms with Gasteiger partial charge in [0.25, 0.3) is 0 Å². The molecule has 0 bridgehead atoms. The van der Waals surface area contributed by atoms with Crippen LogP contribution in [-0.2, 0) is 6.54 Å². The lowest BCUT2D eigenvalue weighted by atomic mass is 10.2. The predicted molar refractivity (Wildman–Crippen MR) is 72.6 cm³/mol. The van der Waals surface area contributed by atoms with Gasteiger partial charge in [-0.05, 0) is 25.5 Å². The van der Waals surface area contributed by atoms with Gasteiger partial charge in [-0.15, -0.1) is 0 Å². The highest BCUT2D eigenvalue weighted by Gasteiger charge is 2.11. The molecule has 1 aromatic carbocycles. The van der Waals surface area contributed by atoms with Crippen LogP contribution in [0.3, 0.4) is 0 Å². The second kappa shape index (κ2) is 7.46. The first kappa shape index (κ1) is 15.1. The van der Waals surface area contributed by atoms with E-state index in [0.717, 1.165) is 5.56 Å². The van der Waals surface area contributed by atoms with E-state index in [4.69, 9.17) is 26.2 Å². The van der Waals surface area contributed by atoms with E-state index in [0.29, 0.717) is 29.6 Å². The Labute approximate surface area is 113 Å². The molecule has 1 aromatic rings. The fourth-order valence-electron chi connectivity index (χ4n) is 1.52. The topological polar surface area (TPSA) is 50.7 Å². The van der Waals surface area contributed by atoms with E-state index >= 15 is 0 Å². The number of methoxy groups -OCH3 is 1. The van der Waals surface area contributed by atoms with E-state index in [-0.39, 0.29) is 12.7 Å². The smallest absolute Gasteiger partial charge is 0.162 e. The maximum absolute atomic E-state index is 8.73. The summed E-state index contributed by atoms with van der Waals surface area (Å²) in [4.78, 5) is 0. The fraction of sp³-hybridized carbons (Fsp3) is 0.538. The van der Waals surface area contributed by atoms with Gasteiger partial charge in [-0.1, -0.05) is 11.6 Å². The van der Waals surface area contributed by atoms with Crippen molar-refractivity contribution in [2.45, 2.75) is 26.5 Å². The van der Waals surface area contributed by atoms with Gasteiger partial charge in [0.05, 0.1) is 19.8 Å². The van der Waals surface area contributed by atoms with Crippen LogP contribution < -0.4 is 14.8 Å². The van der Waals surface area contributed by atoms with Crippen molar-refractivity contribution in [3.05, 3.63) is 22.7 Å². The number of ether oxygens (including phenoxy) is 2. The molecular weight excluding hydrogens is 254 g/mol. The quantitative estimate of drug-likeness (QED) is 0.748. The van der Waals surface area contributed by atoms with E-state index in [2.05, 4.69) is 5.32 Å². The summed E-state index contributed by atoms with van der Waals surface area (Å²) in [6.07, 6.45) is 0.0679. The number of hydrogen-bond acceptors (Lipinski definition) is 4. The largest absolute Gasteiger partial charge is 0.493 e. The zero-order valence-corrected chi connectivity index (χ0v) is 11.8. The van der Waals surface area contributed by atoms with Crippen molar-refractivity contribution < 1.29 is 14.6 Å². The Morgan fingerprint density at radius 3 is 2.61 bits per heavy atom. The molecule has 102 valence electrons. The molecule has 2 N–H and O–H groups in total. The van der Waals surface area contributed by atoms with Crippen LogP contribution in [0, 0.1) is 0 Å². The predicted octanol–water partition coefficient (Wildman–Crippen LogP) is 2.22. The van der Waals surface area contributed by atoms with Gasteiger partial charge >= 0.3 is 0 Å². The Bertz CT molecular complexity index is 383. The first-order valence-electron chi connectivity index (χ1n) is 5.93. The van der Waals surface area contributed by atoms with Gasteiger partial charge in [0.1, 0.15) is 0 Å². The minimum absolute atomic E-state index is 0.0679.